The van der Waals surface area contributed by atoms with E-state index in [1.54, 1.807) is 39.0 Å². The molecule has 2 aromatic rings. The Labute approximate surface area is 240 Å². The highest BCUT2D eigenvalue weighted by Crippen LogP contribution is 2.21. The number of alkyl carbamates (subject to hydrolysis) is 1. The largest absolute Gasteiger partial charge is 0.444 e. The molecule has 1 aromatic carbocycles. The predicted octanol–water partition coefficient (Wildman–Crippen LogP) is 3.74. The minimum absolute atomic E-state index is 0.122. The molecule has 1 aliphatic carbocycles. The molecule has 1 aromatic heterocycles. The molecule has 0 aliphatic heterocycles. The maximum atomic E-state index is 13.3. The van der Waals surface area contributed by atoms with E-state index in [2.05, 4.69) is 31.2 Å². The maximum absolute atomic E-state index is 13.3. The first kappa shape index (κ1) is 31.1. The lowest BCUT2D eigenvalue weighted by Gasteiger charge is -2.19. The van der Waals surface area contributed by atoms with Crippen molar-refractivity contribution in [3.05, 3.63) is 65.4 Å². The average Bonchev–Trinajstić information content (AvgIpc) is 2.92. The highest BCUT2D eigenvalue weighted by molar-refractivity contribution is 6.07. The van der Waals surface area contributed by atoms with Gasteiger partial charge in [-0.25, -0.2) is 9.78 Å². The van der Waals surface area contributed by atoms with Crippen LogP contribution in [0.3, 0.4) is 0 Å². The molecule has 1 unspecified atom stereocenters. The molecular formula is C29H39N7O5. The molecule has 3 rings (SSSR count). The highest BCUT2D eigenvalue weighted by atomic mass is 16.6. The number of carbonyl (C=O) groups excluding carboxylic acids is 3. The fourth-order valence-corrected chi connectivity index (χ4v) is 3.75. The highest BCUT2D eigenvalue weighted by Gasteiger charge is 2.19. The Morgan fingerprint density at radius 2 is 1.93 bits per heavy atom. The van der Waals surface area contributed by atoms with Crippen LogP contribution in [-0.4, -0.2) is 59.2 Å². The van der Waals surface area contributed by atoms with E-state index in [9.17, 15) is 14.4 Å². The number of hydrogen-bond acceptors (Lipinski definition) is 9. The van der Waals surface area contributed by atoms with E-state index in [0.29, 0.717) is 36.0 Å². The number of ether oxygens (including phenoxy) is 2. The van der Waals surface area contributed by atoms with Gasteiger partial charge in [-0.3, -0.25) is 9.59 Å². The van der Waals surface area contributed by atoms with Gasteiger partial charge in [0.05, 0.1) is 19.3 Å². The maximum Gasteiger partial charge on any atom is 0.407 e. The van der Waals surface area contributed by atoms with Crippen LogP contribution < -0.4 is 27.0 Å². The molecule has 0 fully saturated rings. The second-order valence-corrected chi connectivity index (χ2v) is 10.3. The van der Waals surface area contributed by atoms with Gasteiger partial charge in [-0.1, -0.05) is 43.4 Å². The number of hydrogen-bond donors (Lipinski definition) is 5. The van der Waals surface area contributed by atoms with E-state index in [-0.39, 0.29) is 37.3 Å². The molecule has 12 heteroatoms. The lowest BCUT2D eigenvalue weighted by Crippen LogP contribution is -2.34. The van der Waals surface area contributed by atoms with Crippen LogP contribution in [0.15, 0.2) is 54.3 Å². The van der Waals surface area contributed by atoms with E-state index >= 15 is 0 Å². The summed E-state index contributed by atoms with van der Waals surface area (Å²) < 4.78 is 10.9. The minimum atomic E-state index is -0.572. The number of primary amides is 1. The molecule has 220 valence electrons. The van der Waals surface area contributed by atoms with Gasteiger partial charge < -0.3 is 36.5 Å². The molecule has 6 N–H and O–H groups in total. The molecule has 0 radical (unpaired) electrons. The third-order valence-corrected chi connectivity index (χ3v) is 5.71. The lowest BCUT2D eigenvalue weighted by atomic mass is 10.0. The third kappa shape index (κ3) is 10.2. The Morgan fingerprint density at radius 3 is 2.61 bits per heavy atom. The zero-order valence-electron chi connectivity index (χ0n) is 24.0. The summed E-state index contributed by atoms with van der Waals surface area (Å²) in [7, 11) is 0. The van der Waals surface area contributed by atoms with E-state index < -0.39 is 17.6 Å². The summed E-state index contributed by atoms with van der Waals surface area (Å²) in [6.45, 7) is 8.80. The van der Waals surface area contributed by atoms with E-state index in [1.807, 2.05) is 31.2 Å². The lowest BCUT2D eigenvalue weighted by molar-refractivity contribution is -0.114. The van der Waals surface area contributed by atoms with Gasteiger partial charge in [-0.15, -0.1) is 0 Å². The van der Waals surface area contributed by atoms with Crippen LogP contribution in [-0.2, 0) is 20.9 Å². The fourth-order valence-electron chi connectivity index (χ4n) is 3.75. The first-order chi connectivity index (χ1) is 19.6. The summed E-state index contributed by atoms with van der Waals surface area (Å²) in [4.78, 5) is 45.3. The number of aromatic nitrogens is 2. The summed E-state index contributed by atoms with van der Waals surface area (Å²) in [5, 5.41) is 12.0. The molecular weight excluding hydrogens is 526 g/mol. The molecule has 0 spiro atoms. The number of benzene rings is 1. The number of nitrogens with two attached hydrogens (primary N) is 1. The second kappa shape index (κ2) is 14.8. The molecule has 1 aliphatic rings. The minimum Gasteiger partial charge on any atom is -0.444 e. The topological polar surface area (TPSA) is 170 Å². The first-order valence-corrected chi connectivity index (χ1v) is 13.5. The zero-order chi connectivity index (χ0) is 29.8. The van der Waals surface area contributed by atoms with Gasteiger partial charge in [0.15, 0.2) is 0 Å². The van der Waals surface area contributed by atoms with Crippen LogP contribution in [0.1, 0.15) is 56.5 Å². The molecule has 0 saturated carbocycles. The molecule has 41 heavy (non-hydrogen) atoms. The number of amides is 3. The van der Waals surface area contributed by atoms with Crippen molar-refractivity contribution in [2.24, 2.45) is 5.73 Å². The fraction of sp³-hybridized carbons (Fsp3) is 0.414. The van der Waals surface area contributed by atoms with Crippen molar-refractivity contribution < 1.29 is 23.9 Å². The second-order valence-electron chi connectivity index (χ2n) is 10.3. The number of anilines is 3. The van der Waals surface area contributed by atoms with Gasteiger partial charge in [-0.05, 0) is 39.7 Å². The number of nitrogens with zero attached hydrogens (tertiary/aromatic N) is 2. The summed E-state index contributed by atoms with van der Waals surface area (Å²) in [5.74, 6) is -0.0991. The molecule has 12 nitrogen and oxygen atoms in total. The molecule has 1 atom stereocenters. The van der Waals surface area contributed by atoms with Gasteiger partial charge in [0.25, 0.3) is 5.91 Å². The Hall–Kier alpha value is -4.45. The van der Waals surface area contributed by atoms with Crippen LogP contribution in [0.4, 0.5) is 22.2 Å². The quantitative estimate of drug-likeness (QED) is 0.227. The monoisotopic (exact) mass is 565 g/mol. The third-order valence-electron chi connectivity index (χ3n) is 5.71. The molecule has 1 heterocycles. The summed E-state index contributed by atoms with van der Waals surface area (Å²) in [5.41, 5.74) is 6.87. The Balaban J connectivity index is 1.61. The van der Waals surface area contributed by atoms with Gasteiger partial charge in [0.2, 0.25) is 11.9 Å². The predicted molar refractivity (Wildman–Crippen MR) is 158 cm³/mol. The Kier molecular flexibility index (Phi) is 11.2. The summed E-state index contributed by atoms with van der Waals surface area (Å²) in [6, 6.07) is 7.19. The summed E-state index contributed by atoms with van der Waals surface area (Å²) in [6.07, 6.45) is 7.61. The Morgan fingerprint density at radius 1 is 1.15 bits per heavy atom. The van der Waals surface area contributed by atoms with Crippen molar-refractivity contribution >= 4 is 35.4 Å². The van der Waals surface area contributed by atoms with Crippen molar-refractivity contribution in [3.8, 4) is 0 Å². The standard InChI is InChI=1S/C29H39N7O5/c1-5-14-31-25-22(17-33-27(36-25)34-21-12-10-19(11-13-21)24(30)37)26(38)35-23-9-7-6-8-20(23)18-40-16-15-32-28(39)41-29(2,3)4/h6-12,17,21H,5,13-16,18H2,1-4H3,(H2,30,37)(H,32,39)(H,35,38)(H2,31,33,34,36). The number of nitrogens with one attached hydrogen (secondary N) is 4. The van der Waals surface area contributed by atoms with Crippen molar-refractivity contribution in [1.29, 1.82) is 0 Å². The molecule has 0 saturated heterocycles. The van der Waals surface area contributed by atoms with Gasteiger partial charge in [0.1, 0.15) is 17.0 Å². The van der Waals surface area contributed by atoms with Crippen LogP contribution >= 0.6 is 0 Å². The van der Waals surface area contributed by atoms with E-state index in [1.165, 1.54) is 6.20 Å². The van der Waals surface area contributed by atoms with E-state index in [0.717, 1.165) is 12.0 Å². The normalized spacial score (nSPS) is 14.5. The van der Waals surface area contributed by atoms with E-state index in [4.69, 9.17) is 15.2 Å². The van der Waals surface area contributed by atoms with Crippen LogP contribution in [0.25, 0.3) is 0 Å². The van der Waals surface area contributed by atoms with Crippen LogP contribution in [0, 0.1) is 0 Å². The van der Waals surface area contributed by atoms with Gasteiger partial charge in [0, 0.05) is 36.1 Å². The van der Waals surface area contributed by atoms with Crippen LogP contribution in [0.5, 0.6) is 0 Å². The van der Waals surface area contributed by atoms with Crippen molar-refractivity contribution in [2.45, 2.75) is 58.8 Å². The van der Waals surface area contributed by atoms with Crippen molar-refractivity contribution in [3.63, 3.8) is 0 Å². The smallest absolute Gasteiger partial charge is 0.407 e. The molecule has 3 amide bonds. The number of carbonyl (C=O) groups is 3. The summed E-state index contributed by atoms with van der Waals surface area (Å²) >= 11 is 0. The number of rotatable bonds is 13. The number of para-hydroxylation sites is 1. The van der Waals surface area contributed by atoms with Crippen molar-refractivity contribution in [2.75, 3.05) is 35.6 Å². The SMILES string of the molecule is CCCNc1nc(NC2C=CC(C(N)=O)=CC2)ncc1C(=O)Nc1ccccc1COCCNC(=O)OC(C)(C)C. The van der Waals surface area contributed by atoms with Crippen LogP contribution in [0.2, 0.25) is 0 Å². The zero-order valence-corrected chi connectivity index (χ0v) is 24.0. The van der Waals surface area contributed by atoms with Crippen molar-refractivity contribution in [1.82, 2.24) is 15.3 Å². The van der Waals surface area contributed by atoms with Gasteiger partial charge in [-0.2, -0.15) is 4.98 Å². The molecule has 0 bridgehead atoms. The Bertz CT molecular complexity index is 1290. The first-order valence-electron chi connectivity index (χ1n) is 13.5. The average molecular weight is 566 g/mol. The van der Waals surface area contributed by atoms with Gasteiger partial charge >= 0.3 is 6.09 Å².